The molecule has 0 amide bonds. The van der Waals surface area contributed by atoms with E-state index >= 15 is 0 Å². The van der Waals surface area contributed by atoms with E-state index in [1.54, 1.807) is 14.2 Å². The van der Waals surface area contributed by atoms with Crippen molar-refractivity contribution in [3.8, 4) is 0 Å². The van der Waals surface area contributed by atoms with Crippen molar-refractivity contribution in [3.05, 3.63) is 11.6 Å². The summed E-state index contributed by atoms with van der Waals surface area (Å²) in [5.74, 6) is 0. The van der Waals surface area contributed by atoms with E-state index in [2.05, 4.69) is 33.8 Å². The Labute approximate surface area is 100 Å². The third-order valence-corrected chi connectivity index (χ3v) is 1.59. The van der Waals surface area contributed by atoms with Crippen LogP contribution in [0.3, 0.4) is 0 Å². The summed E-state index contributed by atoms with van der Waals surface area (Å²) in [6.45, 7) is 8.44. The number of rotatable bonds is 4. The molecule has 0 bridgehead atoms. The minimum Gasteiger partial charge on any atom is -0.492 e. The first-order valence-corrected chi connectivity index (χ1v) is 4.55. The number of hydrogen-bond acceptors (Lipinski definition) is 2. The number of allylic oxidation sites excluding steroid dienone is 1. The molecule has 0 aromatic heterocycles. The van der Waals surface area contributed by atoms with Gasteiger partial charge in [-0.2, -0.15) is 5.41 Å². The fourth-order valence-corrected chi connectivity index (χ4v) is 1.20. The van der Waals surface area contributed by atoms with Gasteiger partial charge < -0.3 is 15.5 Å². The summed E-state index contributed by atoms with van der Waals surface area (Å²) >= 11 is 0. The molecule has 0 saturated carbocycles. The van der Waals surface area contributed by atoms with Crippen molar-refractivity contribution in [2.75, 3.05) is 14.2 Å². The van der Waals surface area contributed by atoms with Crippen molar-refractivity contribution < 1.29 is 28.3 Å². The average Bonchev–Trinajstić information content (AvgIpc) is 1.96. The number of methoxy groups -OCH3 is 2. The minimum absolute atomic E-state index is 0. The quantitative estimate of drug-likeness (QED) is 0.349. The maximum atomic E-state index is 5.10. The third kappa shape index (κ3) is 8.84. The molecule has 0 atom stereocenters. The second kappa shape index (κ2) is 7.54. The zero-order chi connectivity index (χ0) is 10.5. The molecule has 0 aliphatic heterocycles. The first-order valence-electron chi connectivity index (χ1n) is 4.55. The van der Waals surface area contributed by atoms with Crippen LogP contribution in [0.15, 0.2) is 5.57 Å². The Morgan fingerprint density at radius 3 is 1.93 bits per heavy atom. The van der Waals surface area contributed by atoms with Crippen LogP contribution in [0.25, 0.3) is 0 Å². The third-order valence-electron chi connectivity index (χ3n) is 1.59. The maximum absolute atomic E-state index is 5.10. The maximum Gasteiger partial charge on any atom is 1.00 e. The first kappa shape index (κ1) is 16.7. The Morgan fingerprint density at radius 1 is 1.21 bits per heavy atom. The minimum atomic E-state index is -0.144. The van der Waals surface area contributed by atoms with Crippen LogP contribution in [0, 0.1) is 11.5 Å². The molecule has 2 nitrogen and oxygen atoms in total. The van der Waals surface area contributed by atoms with Crippen LogP contribution in [0.1, 0.15) is 34.1 Å². The predicted molar refractivity (Wildman–Crippen MR) is 54.3 cm³/mol. The zero-order valence-corrected chi connectivity index (χ0v) is 10.6. The van der Waals surface area contributed by atoms with Crippen LogP contribution in [-0.2, 0) is 9.47 Å². The van der Waals surface area contributed by atoms with Gasteiger partial charge in [0.05, 0.1) is 0 Å². The smallest absolute Gasteiger partial charge is 0.492 e. The van der Waals surface area contributed by atoms with Gasteiger partial charge in [-0.15, -0.1) is 0 Å². The van der Waals surface area contributed by atoms with E-state index in [4.69, 9.17) is 9.47 Å². The summed E-state index contributed by atoms with van der Waals surface area (Å²) in [6.07, 6.45) is 4.01. The van der Waals surface area contributed by atoms with Gasteiger partial charge in [0.2, 0.25) is 0 Å². The van der Waals surface area contributed by atoms with Crippen LogP contribution in [-0.4, -0.2) is 20.5 Å². The second-order valence-electron chi connectivity index (χ2n) is 4.26. The molecule has 0 aliphatic carbocycles. The molecule has 0 aromatic carbocycles. The van der Waals surface area contributed by atoms with Crippen LogP contribution < -0.4 is 18.9 Å². The SMILES string of the molecule is COC(CC(C)=[C-]C(C)(C)C)OC.[Li+]. The Kier molecular flexibility index (Phi) is 8.98. The van der Waals surface area contributed by atoms with Crippen molar-refractivity contribution in [2.45, 2.75) is 40.4 Å². The molecule has 14 heavy (non-hydrogen) atoms. The van der Waals surface area contributed by atoms with E-state index in [0.29, 0.717) is 0 Å². The van der Waals surface area contributed by atoms with Gasteiger partial charge in [0.15, 0.2) is 6.29 Å². The van der Waals surface area contributed by atoms with Crippen molar-refractivity contribution in [1.82, 2.24) is 0 Å². The van der Waals surface area contributed by atoms with E-state index in [0.717, 1.165) is 6.42 Å². The average molecular weight is 192 g/mol. The summed E-state index contributed by atoms with van der Waals surface area (Å²) in [5, 5.41) is 0. The molecule has 0 heterocycles. The molecule has 3 heteroatoms. The fraction of sp³-hybridized carbons (Fsp3) is 0.818. The van der Waals surface area contributed by atoms with E-state index in [1.165, 1.54) is 5.57 Å². The van der Waals surface area contributed by atoms with Gasteiger partial charge >= 0.3 is 18.9 Å². The first-order chi connectivity index (χ1) is 5.89. The van der Waals surface area contributed by atoms with E-state index < -0.39 is 0 Å². The Hall–Kier alpha value is 0.257. The molecular weight excluding hydrogens is 171 g/mol. The number of hydrogen-bond donors (Lipinski definition) is 0. The van der Waals surface area contributed by atoms with Gasteiger partial charge in [0, 0.05) is 14.2 Å². The molecule has 78 valence electrons. The van der Waals surface area contributed by atoms with Crippen molar-refractivity contribution in [1.29, 1.82) is 0 Å². The second-order valence-corrected chi connectivity index (χ2v) is 4.26. The van der Waals surface area contributed by atoms with Crippen molar-refractivity contribution in [3.63, 3.8) is 0 Å². The predicted octanol–water partition coefficient (Wildman–Crippen LogP) is -0.205. The van der Waals surface area contributed by atoms with E-state index in [1.807, 2.05) is 0 Å². The van der Waals surface area contributed by atoms with Gasteiger partial charge in [-0.05, 0) is 6.42 Å². The largest absolute Gasteiger partial charge is 1.00 e. The van der Waals surface area contributed by atoms with Crippen molar-refractivity contribution >= 4 is 0 Å². The molecule has 0 aromatic rings. The number of ether oxygens (including phenoxy) is 2. The summed E-state index contributed by atoms with van der Waals surface area (Å²) in [7, 11) is 3.30. The monoisotopic (exact) mass is 192 g/mol. The van der Waals surface area contributed by atoms with Crippen molar-refractivity contribution in [2.24, 2.45) is 5.41 Å². The van der Waals surface area contributed by atoms with Crippen LogP contribution in [0.4, 0.5) is 0 Å². The molecule has 0 fully saturated rings. The van der Waals surface area contributed by atoms with Crippen LogP contribution >= 0.6 is 0 Å². The van der Waals surface area contributed by atoms with E-state index in [-0.39, 0.29) is 30.6 Å². The Morgan fingerprint density at radius 2 is 1.64 bits per heavy atom. The van der Waals surface area contributed by atoms with E-state index in [9.17, 15) is 0 Å². The fourth-order valence-electron chi connectivity index (χ4n) is 1.20. The Balaban J connectivity index is 0. The van der Waals surface area contributed by atoms with Gasteiger partial charge in [-0.3, -0.25) is 5.57 Å². The van der Waals surface area contributed by atoms with Crippen LogP contribution in [0.5, 0.6) is 0 Å². The molecule has 0 saturated heterocycles. The molecule has 0 N–H and O–H groups in total. The van der Waals surface area contributed by atoms with Crippen LogP contribution in [0.2, 0.25) is 0 Å². The summed E-state index contributed by atoms with van der Waals surface area (Å²) < 4.78 is 10.2. The standard InChI is InChI=1S/C11H21O2.Li/c1-9(8-11(2,3)4)7-10(12-5)13-6;/h10H,7H2,1-6H3;/q-1;+1. The molecule has 0 radical (unpaired) electrons. The Bertz CT molecular complexity index is 167. The van der Waals surface area contributed by atoms with Gasteiger partial charge in [0.25, 0.3) is 0 Å². The summed E-state index contributed by atoms with van der Waals surface area (Å²) in [6, 6.07) is 0. The topological polar surface area (TPSA) is 18.5 Å². The van der Waals surface area contributed by atoms with Gasteiger partial charge in [0.1, 0.15) is 0 Å². The van der Waals surface area contributed by atoms with Gasteiger partial charge in [-0.1, -0.05) is 27.7 Å². The molecule has 0 unspecified atom stereocenters. The normalized spacial score (nSPS) is 12.9. The summed E-state index contributed by atoms with van der Waals surface area (Å²) in [4.78, 5) is 0. The zero-order valence-electron chi connectivity index (χ0n) is 10.6. The molecule has 0 rings (SSSR count). The molecule has 0 aliphatic rings. The van der Waals surface area contributed by atoms with Gasteiger partial charge in [-0.25, -0.2) is 0 Å². The summed E-state index contributed by atoms with van der Waals surface area (Å²) in [5.41, 5.74) is 1.29. The molecular formula is C11H21LiO2. The molecule has 0 spiro atoms.